The second kappa shape index (κ2) is 8.54. The van der Waals surface area contributed by atoms with E-state index in [0.717, 1.165) is 10.8 Å². The second-order valence-electron chi connectivity index (χ2n) is 6.18. The molecule has 1 N–H and O–H groups in total. The summed E-state index contributed by atoms with van der Waals surface area (Å²) in [4.78, 5) is 15.6. The Hall–Kier alpha value is -2.08. The van der Waals surface area contributed by atoms with Crippen LogP contribution in [0.25, 0.3) is 10.8 Å². The predicted molar refractivity (Wildman–Crippen MR) is 108 cm³/mol. The molecule has 0 aliphatic rings. The summed E-state index contributed by atoms with van der Waals surface area (Å²) in [6, 6.07) is 15.6. The standard InChI is InChI=1S/C20H21ClN2O2S/c1-23(2)17(19-8-5-11-26-19)12-22-20(24)13-25-18-10-9-16(21)14-6-3-4-7-15(14)18/h3-11,17H,12-13H2,1-2H3,(H,22,24)/t17-/m1/s1. The van der Waals surface area contributed by atoms with E-state index < -0.39 is 0 Å². The average Bonchev–Trinajstić information content (AvgIpc) is 3.15. The van der Waals surface area contributed by atoms with E-state index in [1.54, 1.807) is 23.5 Å². The third kappa shape index (κ3) is 4.36. The molecule has 0 spiro atoms. The van der Waals surface area contributed by atoms with Gasteiger partial charge in [0, 0.05) is 27.2 Å². The summed E-state index contributed by atoms with van der Waals surface area (Å²) in [6.07, 6.45) is 0. The summed E-state index contributed by atoms with van der Waals surface area (Å²) in [6.45, 7) is 0.507. The molecule has 1 aromatic heterocycles. The highest BCUT2D eigenvalue weighted by atomic mass is 35.5. The number of benzene rings is 2. The van der Waals surface area contributed by atoms with Crippen LogP contribution in [-0.4, -0.2) is 38.1 Å². The van der Waals surface area contributed by atoms with Crippen molar-refractivity contribution in [2.75, 3.05) is 27.2 Å². The van der Waals surface area contributed by atoms with Crippen molar-refractivity contribution in [1.29, 1.82) is 0 Å². The van der Waals surface area contributed by atoms with Crippen molar-refractivity contribution in [3.05, 3.63) is 63.8 Å². The molecular weight excluding hydrogens is 368 g/mol. The van der Waals surface area contributed by atoms with Crippen molar-refractivity contribution in [3.63, 3.8) is 0 Å². The quantitative estimate of drug-likeness (QED) is 0.654. The summed E-state index contributed by atoms with van der Waals surface area (Å²) in [5.74, 6) is 0.509. The molecule has 0 saturated carbocycles. The molecule has 26 heavy (non-hydrogen) atoms. The van der Waals surface area contributed by atoms with Gasteiger partial charge in [-0.05, 0) is 37.7 Å². The summed E-state index contributed by atoms with van der Waals surface area (Å²) >= 11 is 7.90. The van der Waals surface area contributed by atoms with Crippen LogP contribution in [0.1, 0.15) is 10.9 Å². The molecule has 2 aromatic carbocycles. The van der Waals surface area contributed by atoms with Gasteiger partial charge in [-0.2, -0.15) is 0 Å². The van der Waals surface area contributed by atoms with E-state index in [-0.39, 0.29) is 18.6 Å². The highest BCUT2D eigenvalue weighted by Crippen LogP contribution is 2.31. The molecule has 6 heteroatoms. The first-order chi connectivity index (χ1) is 12.6. The smallest absolute Gasteiger partial charge is 0.258 e. The van der Waals surface area contributed by atoms with Crippen molar-refractivity contribution in [3.8, 4) is 5.75 Å². The first-order valence-electron chi connectivity index (χ1n) is 8.33. The van der Waals surface area contributed by atoms with Crippen LogP contribution >= 0.6 is 22.9 Å². The summed E-state index contributed by atoms with van der Waals surface area (Å²) in [5.41, 5.74) is 0. The van der Waals surface area contributed by atoms with E-state index in [9.17, 15) is 4.79 Å². The fraction of sp³-hybridized carbons (Fsp3) is 0.250. The molecule has 3 aromatic rings. The third-order valence-electron chi connectivity index (χ3n) is 4.18. The van der Waals surface area contributed by atoms with Crippen LogP contribution in [0.15, 0.2) is 53.9 Å². The Bertz CT molecular complexity index is 881. The molecule has 4 nitrogen and oxygen atoms in total. The minimum absolute atomic E-state index is 0.0315. The second-order valence-corrected chi connectivity index (χ2v) is 7.57. The number of carbonyl (C=O) groups excluding carboxylic acids is 1. The molecule has 136 valence electrons. The van der Waals surface area contributed by atoms with Gasteiger partial charge in [-0.3, -0.25) is 4.79 Å². The first-order valence-corrected chi connectivity index (χ1v) is 9.58. The zero-order valence-corrected chi connectivity index (χ0v) is 16.3. The first kappa shape index (κ1) is 18.7. The third-order valence-corrected chi connectivity index (χ3v) is 5.48. The average molecular weight is 389 g/mol. The van der Waals surface area contributed by atoms with Crippen LogP contribution in [0.4, 0.5) is 0 Å². The van der Waals surface area contributed by atoms with E-state index in [4.69, 9.17) is 16.3 Å². The minimum Gasteiger partial charge on any atom is -0.483 e. The molecule has 3 rings (SSSR count). The maximum atomic E-state index is 12.2. The number of carbonyl (C=O) groups is 1. The molecule has 0 unspecified atom stereocenters. The zero-order chi connectivity index (χ0) is 18.5. The largest absolute Gasteiger partial charge is 0.483 e. The maximum Gasteiger partial charge on any atom is 0.258 e. The fourth-order valence-electron chi connectivity index (χ4n) is 2.78. The lowest BCUT2D eigenvalue weighted by atomic mass is 10.1. The maximum absolute atomic E-state index is 12.2. The molecule has 0 bridgehead atoms. The highest BCUT2D eigenvalue weighted by molar-refractivity contribution is 7.10. The van der Waals surface area contributed by atoms with E-state index in [2.05, 4.69) is 16.3 Å². The molecule has 0 radical (unpaired) electrons. The molecule has 0 aliphatic heterocycles. The molecule has 1 amide bonds. The van der Waals surface area contributed by atoms with Crippen molar-refractivity contribution < 1.29 is 9.53 Å². The van der Waals surface area contributed by atoms with E-state index >= 15 is 0 Å². The van der Waals surface area contributed by atoms with E-state index in [0.29, 0.717) is 17.3 Å². The number of ether oxygens (including phenoxy) is 1. The van der Waals surface area contributed by atoms with Gasteiger partial charge < -0.3 is 15.0 Å². The Morgan fingerprint density at radius 2 is 1.92 bits per heavy atom. The number of thiophene rings is 1. The van der Waals surface area contributed by atoms with E-state index in [1.165, 1.54) is 4.88 Å². The van der Waals surface area contributed by atoms with Crippen LogP contribution in [-0.2, 0) is 4.79 Å². The van der Waals surface area contributed by atoms with Gasteiger partial charge in [0.25, 0.3) is 5.91 Å². The molecule has 0 saturated heterocycles. The topological polar surface area (TPSA) is 41.6 Å². The van der Waals surface area contributed by atoms with Gasteiger partial charge in [-0.25, -0.2) is 0 Å². The fourth-order valence-corrected chi connectivity index (χ4v) is 3.93. The number of hydrogen-bond donors (Lipinski definition) is 1. The molecular formula is C20H21ClN2O2S. The van der Waals surface area contributed by atoms with Gasteiger partial charge in [-0.1, -0.05) is 41.9 Å². The van der Waals surface area contributed by atoms with Crippen LogP contribution in [0.2, 0.25) is 5.02 Å². The van der Waals surface area contributed by atoms with Crippen molar-refractivity contribution in [2.45, 2.75) is 6.04 Å². The molecule has 1 atom stereocenters. The lowest BCUT2D eigenvalue weighted by Gasteiger charge is -2.23. The van der Waals surface area contributed by atoms with Gasteiger partial charge in [-0.15, -0.1) is 11.3 Å². The van der Waals surface area contributed by atoms with Crippen LogP contribution in [0.3, 0.4) is 0 Å². The number of rotatable bonds is 7. The Balaban J connectivity index is 1.60. The van der Waals surface area contributed by atoms with Crippen LogP contribution < -0.4 is 10.1 Å². The number of fused-ring (bicyclic) bond motifs is 1. The summed E-state index contributed by atoms with van der Waals surface area (Å²) in [7, 11) is 4.01. The summed E-state index contributed by atoms with van der Waals surface area (Å²) in [5, 5.41) is 7.48. The Morgan fingerprint density at radius 3 is 2.62 bits per heavy atom. The van der Waals surface area contributed by atoms with Crippen molar-refractivity contribution in [2.24, 2.45) is 0 Å². The minimum atomic E-state index is -0.146. The number of nitrogens with zero attached hydrogens (tertiary/aromatic N) is 1. The van der Waals surface area contributed by atoms with Gasteiger partial charge in [0.1, 0.15) is 5.75 Å². The molecule has 1 heterocycles. The predicted octanol–water partition coefficient (Wildman–Crippen LogP) is 4.35. The van der Waals surface area contributed by atoms with Gasteiger partial charge in [0.2, 0.25) is 0 Å². The number of amides is 1. The Kier molecular flexibility index (Phi) is 6.14. The van der Waals surface area contributed by atoms with E-state index in [1.807, 2.05) is 49.8 Å². The Morgan fingerprint density at radius 1 is 1.15 bits per heavy atom. The number of halogens is 1. The zero-order valence-electron chi connectivity index (χ0n) is 14.7. The van der Waals surface area contributed by atoms with Gasteiger partial charge >= 0.3 is 0 Å². The Labute approximate surface area is 162 Å². The normalized spacial score (nSPS) is 12.3. The van der Waals surface area contributed by atoms with Crippen molar-refractivity contribution >= 4 is 39.6 Å². The SMILES string of the molecule is CN(C)[C@H](CNC(=O)COc1ccc(Cl)c2ccccc12)c1cccs1. The molecule has 0 fully saturated rings. The lowest BCUT2D eigenvalue weighted by molar-refractivity contribution is -0.123. The monoisotopic (exact) mass is 388 g/mol. The van der Waals surface area contributed by atoms with Crippen molar-refractivity contribution in [1.82, 2.24) is 10.2 Å². The molecule has 0 aliphatic carbocycles. The lowest BCUT2D eigenvalue weighted by Crippen LogP contribution is -2.36. The number of likely N-dealkylation sites (N-methyl/N-ethyl adjacent to an activating group) is 1. The van der Waals surface area contributed by atoms with Crippen LogP contribution in [0.5, 0.6) is 5.75 Å². The number of nitrogens with one attached hydrogen (secondary N) is 1. The van der Waals surface area contributed by atoms with Crippen LogP contribution in [0, 0.1) is 0 Å². The number of hydrogen-bond acceptors (Lipinski definition) is 4. The van der Waals surface area contributed by atoms with Gasteiger partial charge in [0.05, 0.1) is 6.04 Å². The summed E-state index contributed by atoms with van der Waals surface area (Å²) < 4.78 is 5.74. The van der Waals surface area contributed by atoms with Gasteiger partial charge in [0.15, 0.2) is 6.61 Å². The highest BCUT2D eigenvalue weighted by Gasteiger charge is 2.16.